The molecule has 0 aliphatic heterocycles. The highest BCUT2D eigenvalue weighted by atomic mass is 32.1. The Bertz CT molecular complexity index is 389. The molecule has 1 amide bonds. The van der Waals surface area contributed by atoms with Crippen LogP contribution in [-0.2, 0) is 0 Å². The van der Waals surface area contributed by atoms with Gasteiger partial charge in [0.25, 0.3) is 5.91 Å². The maximum Gasteiger partial charge on any atom is 0.324 e. The van der Waals surface area contributed by atoms with Crippen molar-refractivity contribution in [1.82, 2.24) is 5.32 Å². The van der Waals surface area contributed by atoms with Gasteiger partial charge < -0.3 is 5.32 Å². The van der Waals surface area contributed by atoms with Gasteiger partial charge >= 0.3 is 5.00 Å². The molecule has 1 aromatic heterocycles. The van der Waals surface area contributed by atoms with Crippen LogP contribution < -0.4 is 5.32 Å². The third kappa shape index (κ3) is 3.30. The van der Waals surface area contributed by atoms with Crippen molar-refractivity contribution in [2.75, 3.05) is 0 Å². The van der Waals surface area contributed by atoms with Crippen molar-refractivity contribution in [3.05, 3.63) is 27.1 Å². The first-order chi connectivity index (χ1) is 7.54. The molecule has 1 N–H and O–H groups in total. The fourth-order valence-electron chi connectivity index (χ4n) is 1.35. The standard InChI is InChI=1S/C10H14N2O3S/c1-3-4-7(2)11-10(13)8-5-9(12(14)15)16-6-8/h5-7H,3-4H2,1-2H3,(H,11,13)/t7-/m1/s1. The van der Waals surface area contributed by atoms with E-state index in [9.17, 15) is 14.9 Å². The molecule has 5 nitrogen and oxygen atoms in total. The van der Waals surface area contributed by atoms with Gasteiger partial charge in [0.15, 0.2) is 0 Å². The molecule has 0 radical (unpaired) electrons. The molecule has 0 spiro atoms. The topological polar surface area (TPSA) is 72.2 Å². The Kier molecular flexibility index (Phi) is 4.42. The van der Waals surface area contributed by atoms with Crippen LogP contribution in [0.2, 0.25) is 0 Å². The predicted octanol–water partition coefficient (Wildman–Crippen LogP) is 2.57. The number of carbonyl (C=O) groups is 1. The highest BCUT2D eigenvalue weighted by molar-refractivity contribution is 7.13. The second kappa shape index (κ2) is 5.60. The molecule has 0 aliphatic carbocycles. The Balaban J connectivity index is 2.62. The number of nitro groups is 1. The summed E-state index contributed by atoms with van der Waals surface area (Å²) in [5.41, 5.74) is 0.361. The van der Waals surface area contributed by atoms with Crippen LogP contribution in [0.15, 0.2) is 11.4 Å². The zero-order chi connectivity index (χ0) is 12.1. The Labute approximate surface area is 97.6 Å². The first-order valence-electron chi connectivity index (χ1n) is 5.08. The van der Waals surface area contributed by atoms with Crippen LogP contribution in [0.5, 0.6) is 0 Å². The predicted molar refractivity (Wildman–Crippen MR) is 62.8 cm³/mol. The van der Waals surface area contributed by atoms with Gasteiger partial charge in [-0.05, 0) is 13.3 Å². The summed E-state index contributed by atoms with van der Waals surface area (Å²) in [4.78, 5) is 21.6. The zero-order valence-electron chi connectivity index (χ0n) is 9.23. The summed E-state index contributed by atoms with van der Waals surface area (Å²) in [6.45, 7) is 3.96. The molecule has 1 aromatic rings. The van der Waals surface area contributed by atoms with Crippen LogP contribution >= 0.6 is 11.3 Å². The van der Waals surface area contributed by atoms with Crippen LogP contribution in [0, 0.1) is 10.1 Å². The summed E-state index contributed by atoms with van der Waals surface area (Å²) in [6, 6.07) is 1.40. The fraction of sp³-hybridized carbons (Fsp3) is 0.500. The van der Waals surface area contributed by atoms with E-state index in [-0.39, 0.29) is 17.0 Å². The van der Waals surface area contributed by atoms with E-state index < -0.39 is 4.92 Å². The minimum Gasteiger partial charge on any atom is -0.350 e. The van der Waals surface area contributed by atoms with Crippen LogP contribution in [0.1, 0.15) is 37.0 Å². The molecule has 6 heteroatoms. The normalized spacial score (nSPS) is 12.1. The molecule has 0 bridgehead atoms. The van der Waals surface area contributed by atoms with E-state index in [0.29, 0.717) is 5.56 Å². The molecular formula is C10H14N2O3S. The first-order valence-corrected chi connectivity index (χ1v) is 5.96. The number of nitrogens with zero attached hydrogens (tertiary/aromatic N) is 1. The van der Waals surface area contributed by atoms with Crippen molar-refractivity contribution in [3.63, 3.8) is 0 Å². The summed E-state index contributed by atoms with van der Waals surface area (Å²) >= 11 is 0.967. The van der Waals surface area contributed by atoms with Crippen molar-refractivity contribution in [2.45, 2.75) is 32.7 Å². The maximum absolute atomic E-state index is 11.6. The maximum atomic E-state index is 11.6. The van der Waals surface area contributed by atoms with Crippen molar-refractivity contribution in [3.8, 4) is 0 Å². The molecule has 16 heavy (non-hydrogen) atoms. The van der Waals surface area contributed by atoms with E-state index in [1.807, 2.05) is 13.8 Å². The lowest BCUT2D eigenvalue weighted by atomic mass is 10.2. The molecule has 0 unspecified atom stereocenters. The second-order valence-electron chi connectivity index (χ2n) is 3.59. The van der Waals surface area contributed by atoms with E-state index in [1.54, 1.807) is 0 Å². The third-order valence-electron chi connectivity index (χ3n) is 2.13. The van der Waals surface area contributed by atoms with E-state index in [4.69, 9.17) is 0 Å². The van der Waals surface area contributed by atoms with Gasteiger partial charge in [0.05, 0.1) is 10.5 Å². The molecule has 88 valence electrons. The SMILES string of the molecule is CCC[C@@H](C)NC(=O)c1csc([N+](=O)[O-])c1. The quantitative estimate of drug-likeness (QED) is 0.637. The number of hydrogen-bond donors (Lipinski definition) is 1. The van der Waals surface area contributed by atoms with Crippen molar-refractivity contribution >= 4 is 22.2 Å². The van der Waals surface area contributed by atoms with Gasteiger partial charge in [-0.2, -0.15) is 0 Å². The van der Waals surface area contributed by atoms with Crippen molar-refractivity contribution in [2.24, 2.45) is 0 Å². The number of nitrogens with one attached hydrogen (secondary N) is 1. The fourth-order valence-corrected chi connectivity index (χ4v) is 2.06. The molecule has 1 rings (SSSR count). The van der Waals surface area contributed by atoms with Gasteiger partial charge in [0.2, 0.25) is 0 Å². The van der Waals surface area contributed by atoms with Crippen molar-refractivity contribution in [1.29, 1.82) is 0 Å². The molecule has 0 aliphatic rings. The van der Waals surface area contributed by atoms with Crippen molar-refractivity contribution < 1.29 is 9.72 Å². The number of carbonyl (C=O) groups excluding carboxylic acids is 1. The average Bonchev–Trinajstić information content (AvgIpc) is 2.66. The van der Waals surface area contributed by atoms with Crippen LogP contribution in [0.25, 0.3) is 0 Å². The Hall–Kier alpha value is -1.43. The van der Waals surface area contributed by atoms with E-state index in [0.717, 1.165) is 24.2 Å². The largest absolute Gasteiger partial charge is 0.350 e. The molecular weight excluding hydrogens is 228 g/mol. The Morgan fingerprint density at radius 3 is 2.88 bits per heavy atom. The number of rotatable bonds is 5. The molecule has 0 saturated heterocycles. The highest BCUT2D eigenvalue weighted by Crippen LogP contribution is 2.22. The van der Waals surface area contributed by atoms with Crippen LogP contribution in [0.4, 0.5) is 5.00 Å². The monoisotopic (exact) mass is 242 g/mol. The van der Waals surface area contributed by atoms with Gasteiger partial charge in [-0.25, -0.2) is 0 Å². The average molecular weight is 242 g/mol. The molecule has 1 atom stereocenters. The third-order valence-corrected chi connectivity index (χ3v) is 3.01. The zero-order valence-corrected chi connectivity index (χ0v) is 10.0. The van der Waals surface area contributed by atoms with Crippen LogP contribution in [-0.4, -0.2) is 16.9 Å². The van der Waals surface area contributed by atoms with Gasteiger partial charge in [0.1, 0.15) is 0 Å². The lowest BCUT2D eigenvalue weighted by Gasteiger charge is -2.11. The van der Waals surface area contributed by atoms with Gasteiger partial charge in [-0.15, -0.1) is 0 Å². The minimum atomic E-state index is -0.489. The van der Waals surface area contributed by atoms with Gasteiger partial charge in [0, 0.05) is 17.5 Å². The molecule has 0 aromatic carbocycles. The minimum absolute atomic E-state index is 0.00621. The molecule has 1 heterocycles. The lowest BCUT2D eigenvalue weighted by molar-refractivity contribution is -0.380. The number of amides is 1. The summed E-state index contributed by atoms with van der Waals surface area (Å²) in [6.07, 6.45) is 1.89. The first kappa shape index (κ1) is 12.6. The summed E-state index contributed by atoms with van der Waals surface area (Å²) in [5.74, 6) is -0.245. The highest BCUT2D eigenvalue weighted by Gasteiger charge is 2.15. The number of thiophene rings is 1. The number of hydrogen-bond acceptors (Lipinski definition) is 4. The Morgan fingerprint density at radius 1 is 1.69 bits per heavy atom. The molecule has 0 fully saturated rings. The summed E-state index contributed by atoms with van der Waals surface area (Å²) < 4.78 is 0. The Morgan fingerprint density at radius 2 is 2.38 bits per heavy atom. The molecule has 0 saturated carbocycles. The van der Waals surface area contributed by atoms with Gasteiger partial charge in [-0.1, -0.05) is 24.7 Å². The van der Waals surface area contributed by atoms with Gasteiger partial charge in [-0.3, -0.25) is 14.9 Å². The van der Waals surface area contributed by atoms with E-state index in [2.05, 4.69) is 5.32 Å². The smallest absolute Gasteiger partial charge is 0.324 e. The summed E-state index contributed by atoms with van der Waals surface area (Å²) in [5, 5.41) is 14.7. The van der Waals surface area contributed by atoms with E-state index in [1.165, 1.54) is 11.4 Å². The lowest BCUT2D eigenvalue weighted by Crippen LogP contribution is -2.32. The van der Waals surface area contributed by atoms with E-state index >= 15 is 0 Å². The second-order valence-corrected chi connectivity index (χ2v) is 4.48. The van der Waals surface area contributed by atoms with Crippen LogP contribution in [0.3, 0.4) is 0 Å². The summed E-state index contributed by atoms with van der Waals surface area (Å²) in [7, 11) is 0.